The molecule has 7 nitrogen and oxygen atoms in total. The second-order valence-corrected chi connectivity index (χ2v) is 7.09. The maximum absolute atomic E-state index is 14.7. The number of ether oxygens (including phenoxy) is 1. The van der Waals surface area contributed by atoms with Gasteiger partial charge in [0, 0.05) is 35.5 Å². The van der Waals surface area contributed by atoms with Crippen LogP contribution < -0.4 is 10.1 Å². The van der Waals surface area contributed by atoms with Gasteiger partial charge in [0.2, 0.25) is 5.82 Å². The van der Waals surface area contributed by atoms with Gasteiger partial charge < -0.3 is 14.5 Å². The number of nitrogens with zero attached hydrogens (tertiary/aromatic N) is 4. The lowest BCUT2D eigenvalue weighted by Gasteiger charge is -2.13. The van der Waals surface area contributed by atoms with Gasteiger partial charge >= 0.3 is 0 Å². The van der Waals surface area contributed by atoms with Crippen molar-refractivity contribution < 1.29 is 18.3 Å². The Morgan fingerprint density at radius 3 is 2.75 bits per heavy atom. The first kappa shape index (κ1) is 18.4. The summed E-state index contributed by atoms with van der Waals surface area (Å²) in [4.78, 5) is 17.0. The average molecular weight is 450 g/mol. The smallest absolute Gasteiger partial charge is 0.261 e. The first-order valence-electron chi connectivity index (χ1n) is 8.14. The number of hydrogen-bond acceptors (Lipinski definition) is 4. The minimum absolute atomic E-state index is 0.0429. The molecule has 0 saturated carbocycles. The van der Waals surface area contributed by atoms with Crippen LogP contribution in [0.3, 0.4) is 0 Å². The number of aromatic nitrogens is 4. The van der Waals surface area contributed by atoms with E-state index in [1.165, 1.54) is 28.5 Å². The van der Waals surface area contributed by atoms with Crippen LogP contribution in [0.25, 0.3) is 16.6 Å². The summed E-state index contributed by atoms with van der Waals surface area (Å²) in [6, 6.07) is 1.19. The highest BCUT2D eigenvalue weighted by atomic mass is 79.9. The molecule has 0 bridgehead atoms. The zero-order valence-corrected chi connectivity index (χ0v) is 16.6. The first-order valence-corrected chi connectivity index (χ1v) is 8.94. The van der Waals surface area contributed by atoms with Crippen molar-refractivity contribution in [2.45, 2.75) is 6.92 Å². The molecule has 0 spiro atoms. The number of amides is 1. The van der Waals surface area contributed by atoms with Crippen molar-refractivity contribution >= 4 is 44.1 Å². The van der Waals surface area contributed by atoms with Gasteiger partial charge in [-0.3, -0.25) is 9.48 Å². The molecule has 144 valence electrons. The predicted octanol–water partition coefficient (Wildman–Crippen LogP) is 3.83. The van der Waals surface area contributed by atoms with Crippen molar-refractivity contribution in [1.82, 2.24) is 19.2 Å². The molecule has 0 atom stereocenters. The number of fused-ring (bicyclic) bond motifs is 2. The number of carbonyl (C=O) groups excluding carboxylic acids is 1. The second-order valence-electron chi connectivity index (χ2n) is 6.24. The summed E-state index contributed by atoms with van der Waals surface area (Å²) < 4.78 is 37.8. The van der Waals surface area contributed by atoms with Crippen molar-refractivity contribution in [1.29, 1.82) is 0 Å². The third-order valence-corrected chi connectivity index (χ3v) is 4.91. The van der Waals surface area contributed by atoms with Crippen molar-refractivity contribution in [3.8, 4) is 5.75 Å². The van der Waals surface area contributed by atoms with Crippen LogP contribution in [0.1, 0.15) is 16.1 Å². The van der Waals surface area contributed by atoms with E-state index >= 15 is 0 Å². The van der Waals surface area contributed by atoms with Crippen LogP contribution in [0.4, 0.5) is 14.5 Å². The number of nitrogens with one attached hydrogen (secondary N) is 1. The average Bonchev–Trinajstić information content (AvgIpc) is 3.17. The summed E-state index contributed by atoms with van der Waals surface area (Å²) in [6.07, 6.45) is 4.72. The molecule has 1 amide bonds. The topological polar surface area (TPSA) is 73.5 Å². The molecule has 28 heavy (non-hydrogen) atoms. The van der Waals surface area contributed by atoms with E-state index in [1.54, 1.807) is 26.4 Å². The fourth-order valence-electron chi connectivity index (χ4n) is 3.11. The quantitative estimate of drug-likeness (QED) is 0.515. The highest BCUT2D eigenvalue weighted by molar-refractivity contribution is 9.10. The van der Waals surface area contributed by atoms with E-state index in [0.29, 0.717) is 15.6 Å². The minimum Gasteiger partial charge on any atom is -0.491 e. The van der Waals surface area contributed by atoms with Crippen LogP contribution in [0, 0.1) is 18.6 Å². The number of hydrogen-bond donors (Lipinski definition) is 1. The molecule has 0 fully saturated rings. The van der Waals surface area contributed by atoms with Gasteiger partial charge in [0.05, 0.1) is 12.8 Å². The molecule has 0 aliphatic rings. The third-order valence-electron chi connectivity index (χ3n) is 4.26. The first-order chi connectivity index (χ1) is 13.3. The number of rotatable bonds is 3. The molecule has 0 aliphatic heterocycles. The van der Waals surface area contributed by atoms with Crippen LogP contribution in [0.5, 0.6) is 5.75 Å². The largest absolute Gasteiger partial charge is 0.491 e. The van der Waals surface area contributed by atoms with Gasteiger partial charge in [-0.2, -0.15) is 9.49 Å². The Kier molecular flexibility index (Phi) is 4.30. The number of imidazole rings is 1. The van der Waals surface area contributed by atoms with E-state index < -0.39 is 17.5 Å². The lowest BCUT2D eigenvalue weighted by molar-refractivity contribution is 0.102. The summed E-state index contributed by atoms with van der Waals surface area (Å²) in [5, 5.41) is 7.28. The monoisotopic (exact) mass is 449 g/mol. The Morgan fingerprint density at radius 2 is 2.04 bits per heavy atom. The summed E-state index contributed by atoms with van der Waals surface area (Å²) >= 11 is 3.27. The maximum Gasteiger partial charge on any atom is 0.261 e. The number of benzene rings is 1. The van der Waals surface area contributed by atoms with Crippen LogP contribution in [0.15, 0.2) is 29.1 Å². The molecule has 3 aromatic heterocycles. The number of pyridine rings is 1. The number of anilines is 1. The van der Waals surface area contributed by atoms with Gasteiger partial charge in [0.1, 0.15) is 22.6 Å². The normalized spacial score (nSPS) is 11.4. The second kappa shape index (κ2) is 6.55. The molecule has 1 aromatic carbocycles. The van der Waals surface area contributed by atoms with Crippen LogP contribution >= 0.6 is 15.9 Å². The number of halogens is 3. The van der Waals surface area contributed by atoms with E-state index in [-0.39, 0.29) is 28.2 Å². The van der Waals surface area contributed by atoms with Crippen molar-refractivity contribution in [2.75, 3.05) is 12.4 Å². The highest BCUT2D eigenvalue weighted by Gasteiger charge is 2.24. The van der Waals surface area contributed by atoms with Crippen molar-refractivity contribution in [2.24, 2.45) is 7.05 Å². The summed E-state index contributed by atoms with van der Waals surface area (Å²) in [6.45, 7) is 1.71. The molecule has 10 heteroatoms. The van der Waals surface area contributed by atoms with Gasteiger partial charge in [-0.05, 0) is 28.9 Å². The van der Waals surface area contributed by atoms with E-state index in [9.17, 15) is 13.6 Å². The van der Waals surface area contributed by atoms with Crippen LogP contribution in [-0.4, -0.2) is 32.2 Å². The summed E-state index contributed by atoms with van der Waals surface area (Å²) in [5.74, 6) is -2.45. The zero-order valence-electron chi connectivity index (χ0n) is 15.0. The molecule has 3 heterocycles. The molecular weight excluding hydrogens is 436 g/mol. The molecule has 0 aliphatic carbocycles. The van der Waals surface area contributed by atoms with Crippen molar-refractivity contribution in [3.05, 3.63) is 52.0 Å². The number of carbonyl (C=O) groups is 1. The van der Waals surface area contributed by atoms with E-state index in [2.05, 4.69) is 31.3 Å². The molecule has 0 unspecified atom stereocenters. The molecule has 0 radical (unpaired) electrons. The van der Waals surface area contributed by atoms with E-state index in [0.717, 1.165) is 0 Å². The Hall–Kier alpha value is -3.01. The Morgan fingerprint density at radius 1 is 1.29 bits per heavy atom. The number of methoxy groups -OCH3 is 1. The summed E-state index contributed by atoms with van der Waals surface area (Å²) in [5.41, 5.74) is 0.642. The molecule has 1 N–H and O–H groups in total. The zero-order chi connectivity index (χ0) is 20.2. The standard InChI is InChI=1S/C18H14BrF2N5O2/c1-8-5-26-7-12(16(28-3)14(21)17(26)22-8)23-18(27)13-11(20)4-10(19)9-6-25(2)24-15(9)13/h4-7H,1-3H3,(H,23,27). The number of aryl methyl sites for hydroxylation is 2. The van der Waals surface area contributed by atoms with Gasteiger partial charge in [0.25, 0.3) is 5.91 Å². The minimum atomic E-state index is -0.775. The van der Waals surface area contributed by atoms with E-state index in [4.69, 9.17) is 4.74 Å². The highest BCUT2D eigenvalue weighted by Crippen LogP contribution is 2.33. The Balaban J connectivity index is 1.84. The molecule has 0 saturated heterocycles. The lowest BCUT2D eigenvalue weighted by Crippen LogP contribution is -2.16. The van der Waals surface area contributed by atoms with Crippen molar-refractivity contribution in [3.63, 3.8) is 0 Å². The Bertz CT molecular complexity index is 1260. The van der Waals surface area contributed by atoms with Gasteiger partial charge in [-0.15, -0.1) is 0 Å². The maximum atomic E-state index is 14.7. The van der Waals surface area contributed by atoms with Crippen LogP contribution in [-0.2, 0) is 7.05 Å². The molecule has 4 rings (SSSR count). The lowest BCUT2D eigenvalue weighted by atomic mass is 10.1. The van der Waals surface area contributed by atoms with Gasteiger partial charge in [-0.1, -0.05) is 0 Å². The van der Waals surface area contributed by atoms with Crippen LogP contribution in [0.2, 0.25) is 0 Å². The Labute approximate surface area is 166 Å². The fraction of sp³-hybridized carbons (Fsp3) is 0.167. The predicted molar refractivity (Wildman–Crippen MR) is 103 cm³/mol. The SMILES string of the molecule is COc1c(NC(=O)c2c(F)cc(Br)c3cn(C)nc23)cn2cc(C)nc2c1F. The van der Waals surface area contributed by atoms with Gasteiger partial charge in [0.15, 0.2) is 11.4 Å². The summed E-state index contributed by atoms with van der Waals surface area (Å²) in [7, 11) is 2.94. The van der Waals surface area contributed by atoms with Gasteiger partial charge in [-0.25, -0.2) is 9.37 Å². The van der Waals surface area contributed by atoms with E-state index in [1.807, 2.05) is 0 Å². The fourth-order valence-corrected chi connectivity index (χ4v) is 3.60. The third kappa shape index (κ3) is 2.80. The molecule has 4 aromatic rings. The molecular formula is C18H14BrF2N5O2.